The molecule has 0 heterocycles. The highest BCUT2D eigenvalue weighted by Crippen LogP contribution is 2.29. The van der Waals surface area contributed by atoms with Crippen LogP contribution >= 0.6 is 23.5 Å². The van der Waals surface area contributed by atoms with Crippen molar-refractivity contribution in [2.45, 2.75) is 11.8 Å². The number of benzene rings is 3. The molecule has 3 aromatic carbocycles. The molecule has 0 atom stereocenters. The molecule has 32 heavy (non-hydrogen) atoms. The molecule has 0 aliphatic carbocycles. The molecule has 3 nitrogen and oxygen atoms in total. The van der Waals surface area contributed by atoms with Gasteiger partial charge in [-0.3, -0.25) is 9.59 Å². The van der Waals surface area contributed by atoms with E-state index in [0.717, 1.165) is 38.9 Å². The highest BCUT2D eigenvalue weighted by atomic mass is 32.2. The lowest BCUT2D eigenvalue weighted by Gasteiger charge is -2.07. The van der Waals surface area contributed by atoms with E-state index in [-0.39, 0.29) is 10.2 Å². The lowest BCUT2D eigenvalue weighted by Crippen LogP contribution is -1.90. The largest absolute Gasteiger partial charge is 0.464 e. The van der Waals surface area contributed by atoms with E-state index >= 15 is 0 Å². The van der Waals surface area contributed by atoms with Gasteiger partial charge in [-0.15, -0.1) is 0 Å². The summed E-state index contributed by atoms with van der Waals surface area (Å²) in [5, 5.41) is 1.44. The van der Waals surface area contributed by atoms with Gasteiger partial charge >= 0.3 is 0 Å². The third-order valence-electron chi connectivity index (χ3n) is 4.43. The summed E-state index contributed by atoms with van der Waals surface area (Å²) in [4.78, 5) is 23.8. The number of carbonyl (C=O) groups excluding carboxylic acids is 2. The van der Waals surface area contributed by atoms with Crippen molar-refractivity contribution in [1.29, 1.82) is 0 Å². The molecule has 0 spiro atoms. The molecule has 0 fully saturated rings. The highest BCUT2D eigenvalue weighted by molar-refractivity contribution is 8.16. The van der Waals surface area contributed by atoms with Crippen LogP contribution in [0.15, 0.2) is 114 Å². The number of ether oxygens (including phenoxy) is 1. The molecule has 0 aliphatic rings. The Morgan fingerprint density at radius 1 is 0.812 bits per heavy atom. The van der Waals surface area contributed by atoms with Crippen molar-refractivity contribution in [3.05, 3.63) is 109 Å². The normalized spacial score (nSPS) is 10.7. The van der Waals surface area contributed by atoms with Gasteiger partial charge in [0.1, 0.15) is 5.75 Å². The Morgan fingerprint density at radius 2 is 1.28 bits per heavy atom. The van der Waals surface area contributed by atoms with Crippen LogP contribution in [0.3, 0.4) is 0 Å². The lowest BCUT2D eigenvalue weighted by atomic mass is 10.0. The Kier molecular flexibility index (Phi) is 8.31. The summed E-state index contributed by atoms with van der Waals surface area (Å²) in [5.41, 5.74) is 4.92. The molecule has 0 amide bonds. The van der Waals surface area contributed by atoms with Crippen LogP contribution in [0.4, 0.5) is 0 Å². The molecule has 3 rings (SSSR count). The van der Waals surface area contributed by atoms with Crippen molar-refractivity contribution in [2.75, 3.05) is 0 Å². The maximum Gasteiger partial charge on any atom is 0.219 e. The topological polar surface area (TPSA) is 43.4 Å². The summed E-state index contributed by atoms with van der Waals surface area (Å²) < 4.78 is 5.50. The second-order valence-electron chi connectivity index (χ2n) is 6.83. The quantitative estimate of drug-likeness (QED) is 0.198. The zero-order valence-electron chi connectivity index (χ0n) is 17.6. The molecule has 5 heteroatoms. The second-order valence-corrected chi connectivity index (χ2v) is 8.78. The summed E-state index contributed by atoms with van der Waals surface area (Å²) in [7, 11) is 0. The Morgan fingerprint density at radius 3 is 1.75 bits per heavy atom. The van der Waals surface area contributed by atoms with Crippen LogP contribution in [0, 0.1) is 0 Å². The van der Waals surface area contributed by atoms with E-state index in [1.807, 2.05) is 48.5 Å². The van der Waals surface area contributed by atoms with Gasteiger partial charge in [-0.05, 0) is 76.9 Å². The first-order valence-electron chi connectivity index (χ1n) is 9.79. The number of hydrogen-bond donors (Lipinski definition) is 0. The van der Waals surface area contributed by atoms with Crippen LogP contribution in [0.5, 0.6) is 5.75 Å². The fourth-order valence-electron chi connectivity index (χ4n) is 2.74. The Labute approximate surface area is 196 Å². The molecule has 0 saturated carbocycles. The number of hydrogen-bond acceptors (Lipinski definition) is 5. The van der Waals surface area contributed by atoms with Crippen LogP contribution in [0.2, 0.25) is 0 Å². The molecule has 0 N–H and O–H groups in total. The van der Waals surface area contributed by atoms with Crippen molar-refractivity contribution < 1.29 is 14.3 Å². The van der Waals surface area contributed by atoms with Gasteiger partial charge in [-0.2, -0.15) is 0 Å². The van der Waals surface area contributed by atoms with Gasteiger partial charge in [0, 0.05) is 10.3 Å². The predicted molar refractivity (Wildman–Crippen MR) is 136 cm³/mol. The van der Waals surface area contributed by atoms with Crippen LogP contribution < -0.4 is 4.74 Å². The van der Waals surface area contributed by atoms with E-state index in [1.54, 1.807) is 12.3 Å². The predicted octanol–water partition coefficient (Wildman–Crippen LogP) is 7.51. The molecule has 0 aliphatic heterocycles. The van der Waals surface area contributed by atoms with Crippen molar-refractivity contribution in [2.24, 2.45) is 0 Å². The van der Waals surface area contributed by atoms with Crippen molar-refractivity contribution in [1.82, 2.24) is 0 Å². The zero-order chi connectivity index (χ0) is 22.9. The fourth-order valence-corrected chi connectivity index (χ4v) is 3.74. The van der Waals surface area contributed by atoms with E-state index in [0.29, 0.717) is 11.3 Å². The van der Waals surface area contributed by atoms with E-state index in [1.165, 1.54) is 24.1 Å². The summed E-state index contributed by atoms with van der Waals surface area (Å²) in [6, 6.07) is 24.0. The zero-order valence-corrected chi connectivity index (χ0v) is 19.2. The van der Waals surface area contributed by atoms with Gasteiger partial charge in [-0.1, -0.05) is 73.5 Å². The molecule has 3 aromatic rings. The average Bonchev–Trinajstić information content (AvgIpc) is 2.82. The second kappa shape index (κ2) is 11.4. The van der Waals surface area contributed by atoms with E-state index in [2.05, 4.69) is 37.4 Å². The van der Waals surface area contributed by atoms with Gasteiger partial charge in [0.2, 0.25) is 10.2 Å². The standard InChI is InChI=1S/C27H22O3S2/c1-4-26(28)31-18-17-30-24-13-9-22(10-14-24)20-5-7-21(8-6-20)23-11-15-25(16-12-23)32-27(29)19(2)3/h4-18H,1-2H2,3H3. The first-order valence-corrected chi connectivity index (χ1v) is 11.5. The summed E-state index contributed by atoms with van der Waals surface area (Å²) in [6.07, 6.45) is 2.74. The Bertz CT molecular complexity index is 1140. The van der Waals surface area contributed by atoms with Gasteiger partial charge in [0.05, 0.1) is 6.26 Å². The van der Waals surface area contributed by atoms with E-state index in [9.17, 15) is 9.59 Å². The summed E-state index contributed by atoms with van der Waals surface area (Å²) in [6.45, 7) is 8.82. The molecule has 160 valence electrons. The number of thioether (sulfide) groups is 2. The molecule has 0 bridgehead atoms. The monoisotopic (exact) mass is 458 g/mol. The highest BCUT2D eigenvalue weighted by Gasteiger charge is 2.06. The van der Waals surface area contributed by atoms with Crippen LogP contribution in [-0.2, 0) is 9.59 Å². The average molecular weight is 459 g/mol. The Balaban J connectivity index is 1.63. The third-order valence-corrected chi connectivity index (χ3v) is 6.12. The van der Waals surface area contributed by atoms with E-state index in [4.69, 9.17) is 4.74 Å². The van der Waals surface area contributed by atoms with Crippen LogP contribution in [0.25, 0.3) is 22.3 Å². The third kappa shape index (κ3) is 6.61. The SMILES string of the molecule is C=CC(=O)SC=COc1ccc(-c2ccc(-c3ccc(SC(=O)C(=C)C)cc3)cc2)cc1. The smallest absolute Gasteiger partial charge is 0.219 e. The fraction of sp³-hybridized carbons (Fsp3) is 0.0370. The minimum atomic E-state index is -0.128. The molecule has 0 aromatic heterocycles. The lowest BCUT2D eigenvalue weighted by molar-refractivity contribution is -0.108. The van der Waals surface area contributed by atoms with Gasteiger partial charge in [0.25, 0.3) is 0 Å². The van der Waals surface area contributed by atoms with Crippen molar-refractivity contribution in [3.63, 3.8) is 0 Å². The van der Waals surface area contributed by atoms with Gasteiger partial charge < -0.3 is 4.74 Å². The van der Waals surface area contributed by atoms with Crippen molar-refractivity contribution in [3.8, 4) is 28.0 Å². The van der Waals surface area contributed by atoms with Gasteiger partial charge in [0.15, 0.2) is 0 Å². The molecular formula is C27H22O3S2. The minimum Gasteiger partial charge on any atom is -0.464 e. The first-order chi connectivity index (χ1) is 15.5. The van der Waals surface area contributed by atoms with Crippen molar-refractivity contribution >= 4 is 33.8 Å². The van der Waals surface area contributed by atoms with E-state index < -0.39 is 0 Å². The summed E-state index contributed by atoms with van der Waals surface area (Å²) >= 11 is 2.21. The Hall–Kier alpha value is -3.28. The number of carbonyl (C=O) groups is 2. The molecular weight excluding hydrogens is 436 g/mol. The minimum absolute atomic E-state index is 0.0174. The number of rotatable bonds is 8. The molecule has 0 radical (unpaired) electrons. The maximum atomic E-state index is 11.8. The molecule has 0 unspecified atom stereocenters. The van der Waals surface area contributed by atoms with Crippen LogP contribution in [0.1, 0.15) is 6.92 Å². The van der Waals surface area contributed by atoms with Gasteiger partial charge in [-0.25, -0.2) is 0 Å². The molecule has 0 saturated heterocycles. The maximum absolute atomic E-state index is 11.8. The first kappa shape index (κ1) is 23.4. The summed E-state index contributed by atoms with van der Waals surface area (Å²) in [5.74, 6) is 0.691. The van der Waals surface area contributed by atoms with Crippen LogP contribution in [-0.4, -0.2) is 10.2 Å².